The molecule has 1 fully saturated rings. The van der Waals surface area contributed by atoms with Gasteiger partial charge in [0.05, 0.1) is 0 Å². The number of carbonyl (C=O) groups excluding carboxylic acids is 1. The van der Waals surface area contributed by atoms with Crippen LogP contribution in [0.3, 0.4) is 0 Å². The highest BCUT2D eigenvalue weighted by Crippen LogP contribution is 2.13. The zero-order valence-electron chi connectivity index (χ0n) is 10.8. The fourth-order valence-electron chi connectivity index (χ4n) is 2.30. The number of nitrogens with two attached hydrogens (primary N) is 1. The van der Waals surface area contributed by atoms with E-state index in [9.17, 15) is 4.79 Å². The molecule has 18 heavy (non-hydrogen) atoms. The molecule has 1 aliphatic heterocycles. The van der Waals surface area contributed by atoms with E-state index in [1.54, 1.807) is 0 Å². The van der Waals surface area contributed by atoms with Gasteiger partial charge in [-0.05, 0) is 30.9 Å². The van der Waals surface area contributed by atoms with E-state index in [1.165, 1.54) is 11.1 Å². The molecule has 4 heteroatoms. The first-order chi connectivity index (χ1) is 8.16. The highest BCUT2D eigenvalue weighted by molar-refractivity contribution is 5.85. The van der Waals surface area contributed by atoms with Crippen LogP contribution in [0.2, 0.25) is 0 Å². The molecule has 0 spiro atoms. The van der Waals surface area contributed by atoms with Gasteiger partial charge in [0.1, 0.15) is 0 Å². The fourth-order valence-corrected chi connectivity index (χ4v) is 2.30. The number of nitrogens with zero attached hydrogens (tertiary/aromatic N) is 1. The molecule has 2 N–H and O–H groups in total. The SMILES string of the molecule is Cc1ccccc1CCC(=O)N1CC[C@H](N)C1.Cl. The van der Waals surface area contributed by atoms with Gasteiger partial charge in [-0.15, -0.1) is 12.4 Å². The second kappa shape index (κ2) is 6.76. The van der Waals surface area contributed by atoms with Crippen molar-refractivity contribution in [3.63, 3.8) is 0 Å². The minimum absolute atomic E-state index is 0. The van der Waals surface area contributed by atoms with Gasteiger partial charge in [-0.2, -0.15) is 0 Å². The van der Waals surface area contributed by atoms with E-state index in [2.05, 4.69) is 19.1 Å². The van der Waals surface area contributed by atoms with Crippen molar-refractivity contribution < 1.29 is 4.79 Å². The summed E-state index contributed by atoms with van der Waals surface area (Å²) in [4.78, 5) is 13.8. The minimum atomic E-state index is 0. The van der Waals surface area contributed by atoms with Gasteiger partial charge in [0, 0.05) is 25.6 Å². The molecule has 0 unspecified atom stereocenters. The summed E-state index contributed by atoms with van der Waals surface area (Å²) in [5.74, 6) is 0.237. The molecule has 0 radical (unpaired) electrons. The molecule has 1 amide bonds. The molecule has 100 valence electrons. The fraction of sp³-hybridized carbons (Fsp3) is 0.500. The van der Waals surface area contributed by atoms with Crippen molar-refractivity contribution in [1.82, 2.24) is 4.90 Å². The predicted molar refractivity (Wildman–Crippen MR) is 75.9 cm³/mol. The molecular weight excluding hydrogens is 248 g/mol. The summed E-state index contributed by atoms with van der Waals surface area (Å²) in [6.07, 6.45) is 2.37. The molecule has 1 aromatic carbocycles. The van der Waals surface area contributed by atoms with E-state index in [0.717, 1.165) is 25.9 Å². The highest BCUT2D eigenvalue weighted by atomic mass is 35.5. The van der Waals surface area contributed by atoms with Crippen LogP contribution in [-0.4, -0.2) is 29.9 Å². The summed E-state index contributed by atoms with van der Waals surface area (Å²) >= 11 is 0. The molecule has 1 atom stereocenters. The van der Waals surface area contributed by atoms with Crippen molar-refractivity contribution in [2.75, 3.05) is 13.1 Å². The molecule has 0 aromatic heterocycles. The summed E-state index contributed by atoms with van der Waals surface area (Å²) in [5.41, 5.74) is 8.33. The maximum Gasteiger partial charge on any atom is 0.222 e. The number of amides is 1. The third kappa shape index (κ3) is 3.72. The van der Waals surface area contributed by atoms with Crippen LogP contribution in [0.25, 0.3) is 0 Å². The van der Waals surface area contributed by atoms with Crippen LogP contribution in [0.15, 0.2) is 24.3 Å². The Morgan fingerprint density at radius 2 is 2.17 bits per heavy atom. The van der Waals surface area contributed by atoms with Crippen LogP contribution in [0, 0.1) is 6.92 Å². The molecule has 1 aromatic rings. The Bertz CT molecular complexity index is 409. The smallest absolute Gasteiger partial charge is 0.222 e. The largest absolute Gasteiger partial charge is 0.341 e. The lowest BCUT2D eigenvalue weighted by Crippen LogP contribution is -2.32. The number of benzene rings is 1. The summed E-state index contributed by atoms with van der Waals surface area (Å²) in [7, 11) is 0. The Hall–Kier alpha value is -1.06. The van der Waals surface area contributed by atoms with Crippen molar-refractivity contribution in [3.8, 4) is 0 Å². The molecule has 3 nitrogen and oxygen atoms in total. The van der Waals surface area contributed by atoms with E-state index < -0.39 is 0 Å². The Balaban J connectivity index is 0.00000162. The van der Waals surface area contributed by atoms with Gasteiger partial charge in [-0.25, -0.2) is 0 Å². The second-order valence-electron chi connectivity index (χ2n) is 4.81. The number of carbonyl (C=O) groups is 1. The lowest BCUT2D eigenvalue weighted by molar-refractivity contribution is -0.130. The minimum Gasteiger partial charge on any atom is -0.341 e. The van der Waals surface area contributed by atoms with E-state index >= 15 is 0 Å². The van der Waals surface area contributed by atoms with Gasteiger partial charge < -0.3 is 10.6 Å². The van der Waals surface area contributed by atoms with E-state index in [4.69, 9.17) is 5.73 Å². The zero-order valence-corrected chi connectivity index (χ0v) is 11.6. The number of aryl methyl sites for hydroxylation is 2. The maximum atomic E-state index is 11.9. The Morgan fingerprint density at radius 1 is 1.44 bits per heavy atom. The summed E-state index contributed by atoms with van der Waals surface area (Å²) in [5, 5.41) is 0. The molecule has 1 saturated heterocycles. The summed E-state index contributed by atoms with van der Waals surface area (Å²) in [6.45, 7) is 3.64. The van der Waals surface area contributed by atoms with Crippen molar-refractivity contribution in [1.29, 1.82) is 0 Å². The molecule has 1 aliphatic rings. The van der Waals surface area contributed by atoms with Crippen LogP contribution in [0.1, 0.15) is 24.0 Å². The molecule has 0 aliphatic carbocycles. The maximum absolute atomic E-state index is 11.9. The molecular formula is C14H21ClN2O. The molecule has 1 heterocycles. The first kappa shape index (κ1) is 15.0. The average molecular weight is 269 g/mol. The van der Waals surface area contributed by atoms with Gasteiger partial charge in [0.25, 0.3) is 0 Å². The molecule has 0 saturated carbocycles. The van der Waals surface area contributed by atoms with Crippen LogP contribution in [-0.2, 0) is 11.2 Å². The van der Waals surface area contributed by atoms with Crippen LogP contribution in [0.5, 0.6) is 0 Å². The van der Waals surface area contributed by atoms with Gasteiger partial charge in [0.2, 0.25) is 5.91 Å². The van der Waals surface area contributed by atoms with Crippen molar-refractivity contribution in [2.24, 2.45) is 5.73 Å². The lowest BCUT2D eigenvalue weighted by Gasteiger charge is -2.15. The number of halogens is 1. The van der Waals surface area contributed by atoms with Gasteiger partial charge in [-0.1, -0.05) is 24.3 Å². The number of likely N-dealkylation sites (tertiary alicyclic amines) is 1. The third-order valence-electron chi connectivity index (χ3n) is 3.45. The van der Waals surface area contributed by atoms with Crippen molar-refractivity contribution >= 4 is 18.3 Å². The van der Waals surface area contributed by atoms with Crippen molar-refractivity contribution in [3.05, 3.63) is 35.4 Å². The van der Waals surface area contributed by atoms with Crippen LogP contribution < -0.4 is 5.73 Å². The van der Waals surface area contributed by atoms with Gasteiger partial charge >= 0.3 is 0 Å². The van der Waals surface area contributed by atoms with E-state index in [-0.39, 0.29) is 24.4 Å². The van der Waals surface area contributed by atoms with Gasteiger partial charge in [0.15, 0.2) is 0 Å². The van der Waals surface area contributed by atoms with Crippen LogP contribution >= 0.6 is 12.4 Å². The Kier molecular flexibility index (Phi) is 5.63. The zero-order chi connectivity index (χ0) is 12.3. The second-order valence-corrected chi connectivity index (χ2v) is 4.81. The molecule has 0 bridgehead atoms. The lowest BCUT2D eigenvalue weighted by atomic mass is 10.0. The number of hydrogen-bond acceptors (Lipinski definition) is 2. The Labute approximate surface area is 115 Å². The highest BCUT2D eigenvalue weighted by Gasteiger charge is 2.22. The number of rotatable bonds is 3. The third-order valence-corrected chi connectivity index (χ3v) is 3.45. The van der Waals surface area contributed by atoms with E-state index in [0.29, 0.717) is 6.42 Å². The quantitative estimate of drug-likeness (QED) is 0.910. The monoisotopic (exact) mass is 268 g/mol. The van der Waals surface area contributed by atoms with Crippen molar-refractivity contribution in [2.45, 2.75) is 32.2 Å². The standard InChI is InChI=1S/C14H20N2O.ClH/c1-11-4-2-3-5-12(11)6-7-14(17)16-9-8-13(15)10-16;/h2-5,13H,6-10,15H2,1H3;1H/t13-;/m0./s1. The summed E-state index contributed by atoms with van der Waals surface area (Å²) < 4.78 is 0. The average Bonchev–Trinajstić information content (AvgIpc) is 2.74. The van der Waals surface area contributed by atoms with E-state index in [1.807, 2.05) is 17.0 Å². The topological polar surface area (TPSA) is 46.3 Å². The first-order valence-electron chi connectivity index (χ1n) is 6.24. The molecule has 2 rings (SSSR count). The predicted octanol–water partition coefficient (Wildman–Crippen LogP) is 1.91. The normalized spacial score (nSPS) is 18.6. The summed E-state index contributed by atoms with van der Waals surface area (Å²) in [6, 6.07) is 8.42. The number of hydrogen-bond donors (Lipinski definition) is 1. The Morgan fingerprint density at radius 3 is 2.78 bits per heavy atom. The first-order valence-corrected chi connectivity index (χ1v) is 6.24. The van der Waals surface area contributed by atoms with Gasteiger partial charge in [-0.3, -0.25) is 4.79 Å². The van der Waals surface area contributed by atoms with Crippen LogP contribution in [0.4, 0.5) is 0 Å².